The van der Waals surface area contributed by atoms with E-state index in [4.69, 9.17) is 21.3 Å². The fourth-order valence-electron chi connectivity index (χ4n) is 3.23. The summed E-state index contributed by atoms with van der Waals surface area (Å²) in [5.41, 5.74) is 1.41. The zero-order chi connectivity index (χ0) is 18.7. The van der Waals surface area contributed by atoms with Gasteiger partial charge in [-0.25, -0.2) is 14.4 Å². The Morgan fingerprint density at radius 1 is 1.38 bits per heavy atom. The molecule has 0 radical (unpaired) electrons. The number of hydrogen-bond acceptors (Lipinski definition) is 4. The van der Waals surface area contributed by atoms with Crippen molar-refractivity contribution >= 4 is 34.2 Å². The molecule has 138 valence electrons. The molecule has 0 N–H and O–H groups in total. The fourth-order valence-corrected chi connectivity index (χ4v) is 4.19. The SMILES string of the molecule is COc1ccc(/N=C(/SC)N2CC[C@@](C)(c3cccc(F)c3Cl)C2)cn1. The van der Waals surface area contributed by atoms with Crippen LogP contribution in [0.2, 0.25) is 5.02 Å². The Morgan fingerprint density at radius 2 is 2.19 bits per heavy atom. The van der Waals surface area contributed by atoms with Gasteiger partial charge in [-0.1, -0.05) is 42.4 Å². The zero-order valence-corrected chi connectivity index (χ0v) is 16.6. The van der Waals surface area contributed by atoms with Crippen LogP contribution in [0.15, 0.2) is 41.5 Å². The number of aliphatic imine (C=N–C) groups is 1. The van der Waals surface area contributed by atoms with Crippen LogP contribution in [-0.2, 0) is 5.41 Å². The van der Waals surface area contributed by atoms with Gasteiger partial charge in [0.2, 0.25) is 5.88 Å². The molecule has 0 bridgehead atoms. The van der Waals surface area contributed by atoms with E-state index >= 15 is 0 Å². The number of thioether (sulfide) groups is 1. The largest absolute Gasteiger partial charge is 0.481 e. The highest BCUT2D eigenvalue weighted by atomic mass is 35.5. The van der Waals surface area contributed by atoms with Crippen LogP contribution in [0.3, 0.4) is 0 Å². The number of aromatic nitrogens is 1. The van der Waals surface area contributed by atoms with Crippen molar-refractivity contribution in [1.82, 2.24) is 9.88 Å². The summed E-state index contributed by atoms with van der Waals surface area (Å²) in [5, 5.41) is 1.13. The summed E-state index contributed by atoms with van der Waals surface area (Å²) in [6, 6.07) is 8.70. The molecule has 0 saturated carbocycles. The van der Waals surface area contributed by atoms with Crippen molar-refractivity contribution in [3.63, 3.8) is 0 Å². The Hall–Kier alpha value is -1.79. The molecule has 7 heteroatoms. The molecule has 0 amide bonds. The Labute approximate surface area is 162 Å². The molecule has 1 aliphatic heterocycles. The predicted octanol–water partition coefficient (Wildman–Crippen LogP) is 4.90. The summed E-state index contributed by atoms with van der Waals surface area (Å²) < 4.78 is 19.0. The van der Waals surface area contributed by atoms with Crippen LogP contribution in [0.4, 0.5) is 10.1 Å². The Bertz CT molecular complexity index is 815. The van der Waals surface area contributed by atoms with Gasteiger partial charge in [-0.2, -0.15) is 0 Å². The summed E-state index contributed by atoms with van der Waals surface area (Å²) >= 11 is 7.82. The van der Waals surface area contributed by atoms with Gasteiger partial charge in [-0.3, -0.25) is 0 Å². The van der Waals surface area contributed by atoms with E-state index in [1.54, 1.807) is 37.2 Å². The maximum absolute atomic E-state index is 13.9. The van der Waals surface area contributed by atoms with E-state index < -0.39 is 0 Å². The number of rotatable bonds is 3. The molecule has 4 nitrogen and oxygen atoms in total. The van der Waals surface area contributed by atoms with Crippen LogP contribution in [0.25, 0.3) is 0 Å². The number of likely N-dealkylation sites (tertiary alicyclic amines) is 1. The first kappa shape index (κ1) is 19.0. The van der Waals surface area contributed by atoms with E-state index in [-0.39, 0.29) is 16.3 Å². The molecule has 2 heterocycles. The Kier molecular flexibility index (Phi) is 5.73. The van der Waals surface area contributed by atoms with Crippen molar-refractivity contribution in [3.8, 4) is 5.88 Å². The van der Waals surface area contributed by atoms with Crippen LogP contribution in [0.5, 0.6) is 5.88 Å². The summed E-state index contributed by atoms with van der Waals surface area (Å²) in [7, 11) is 1.58. The van der Waals surface area contributed by atoms with Gasteiger partial charge in [0.05, 0.1) is 24.0 Å². The fraction of sp³-hybridized carbons (Fsp3) is 0.368. The molecule has 1 saturated heterocycles. The van der Waals surface area contributed by atoms with Gasteiger partial charge in [0.15, 0.2) is 5.17 Å². The van der Waals surface area contributed by atoms with Gasteiger partial charge < -0.3 is 9.64 Å². The maximum Gasteiger partial charge on any atom is 0.213 e. The normalized spacial score (nSPS) is 20.5. The standard InChI is InChI=1S/C19H21ClFN3OS/c1-19(14-5-4-6-15(21)17(14)20)9-10-24(12-19)18(26-3)23-13-7-8-16(25-2)22-11-13/h4-8,11H,9-10,12H2,1-3H3/b23-18+/t19-/m1/s1. The quantitative estimate of drug-likeness (QED) is 0.549. The lowest BCUT2D eigenvalue weighted by Gasteiger charge is -2.27. The number of pyridine rings is 1. The predicted molar refractivity (Wildman–Crippen MR) is 106 cm³/mol. The molecular weight excluding hydrogens is 373 g/mol. The number of amidine groups is 1. The van der Waals surface area contributed by atoms with Gasteiger partial charge in [-0.15, -0.1) is 0 Å². The highest BCUT2D eigenvalue weighted by molar-refractivity contribution is 8.13. The van der Waals surface area contributed by atoms with Crippen LogP contribution in [0, 0.1) is 5.82 Å². The second kappa shape index (κ2) is 7.84. The molecule has 3 rings (SSSR count). The molecule has 26 heavy (non-hydrogen) atoms. The molecule has 1 atom stereocenters. The van der Waals surface area contributed by atoms with Crippen molar-refractivity contribution in [2.45, 2.75) is 18.8 Å². The third kappa shape index (κ3) is 3.81. The number of halogens is 2. The van der Waals surface area contributed by atoms with E-state index in [9.17, 15) is 4.39 Å². The zero-order valence-electron chi connectivity index (χ0n) is 15.0. The molecule has 0 aliphatic carbocycles. The maximum atomic E-state index is 13.9. The topological polar surface area (TPSA) is 37.7 Å². The van der Waals surface area contributed by atoms with E-state index in [0.29, 0.717) is 5.88 Å². The van der Waals surface area contributed by atoms with Crippen LogP contribution in [-0.4, -0.2) is 41.5 Å². The van der Waals surface area contributed by atoms with Crippen LogP contribution < -0.4 is 4.74 Å². The molecule has 0 unspecified atom stereocenters. The average Bonchev–Trinajstić information content (AvgIpc) is 3.05. The molecule has 1 fully saturated rings. The van der Waals surface area contributed by atoms with E-state index in [0.717, 1.165) is 35.9 Å². The van der Waals surface area contributed by atoms with E-state index in [2.05, 4.69) is 16.8 Å². The highest BCUT2D eigenvalue weighted by Gasteiger charge is 2.38. The first-order valence-electron chi connectivity index (χ1n) is 8.29. The van der Waals surface area contributed by atoms with Gasteiger partial charge >= 0.3 is 0 Å². The smallest absolute Gasteiger partial charge is 0.213 e. The Balaban J connectivity index is 1.83. The van der Waals surface area contributed by atoms with E-state index in [1.165, 1.54) is 6.07 Å². The number of benzene rings is 1. The lowest BCUT2D eigenvalue weighted by atomic mass is 9.82. The molecule has 2 aromatic rings. The van der Waals surface area contributed by atoms with Crippen LogP contribution >= 0.6 is 23.4 Å². The van der Waals surface area contributed by atoms with E-state index in [1.807, 2.05) is 18.4 Å². The molecule has 1 aliphatic rings. The van der Waals surface area contributed by atoms with Gasteiger partial charge in [-0.05, 0) is 30.4 Å². The highest BCUT2D eigenvalue weighted by Crippen LogP contribution is 2.39. The van der Waals surface area contributed by atoms with Crippen LogP contribution in [0.1, 0.15) is 18.9 Å². The summed E-state index contributed by atoms with van der Waals surface area (Å²) in [5.74, 6) is 0.191. The summed E-state index contributed by atoms with van der Waals surface area (Å²) in [6.07, 6.45) is 4.57. The lowest BCUT2D eigenvalue weighted by Crippen LogP contribution is -2.31. The molecule has 1 aromatic heterocycles. The van der Waals surface area contributed by atoms with Gasteiger partial charge in [0, 0.05) is 24.6 Å². The van der Waals surface area contributed by atoms with Crippen molar-refractivity contribution in [2.24, 2.45) is 4.99 Å². The minimum atomic E-state index is -0.369. The van der Waals surface area contributed by atoms with Crippen molar-refractivity contribution in [2.75, 3.05) is 26.5 Å². The lowest BCUT2D eigenvalue weighted by molar-refractivity contribution is 0.398. The molecule has 0 spiro atoms. The summed E-state index contributed by atoms with van der Waals surface area (Å²) in [6.45, 7) is 3.70. The second-order valence-electron chi connectivity index (χ2n) is 6.49. The third-order valence-corrected chi connectivity index (χ3v) is 5.78. The first-order chi connectivity index (χ1) is 12.5. The average molecular weight is 394 g/mol. The van der Waals surface area contributed by atoms with Gasteiger partial charge in [0.1, 0.15) is 5.82 Å². The van der Waals surface area contributed by atoms with Crippen molar-refractivity contribution < 1.29 is 9.13 Å². The van der Waals surface area contributed by atoms with Crippen molar-refractivity contribution in [1.29, 1.82) is 0 Å². The third-order valence-electron chi connectivity index (χ3n) is 4.68. The monoisotopic (exact) mass is 393 g/mol. The second-order valence-corrected chi connectivity index (χ2v) is 7.64. The number of ether oxygens (including phenoxy) is 1. The number of hydrogen-bond donors (Lipinski definition) is 0. The minimum absolute atomic E-state index is 0.214. The number of nitrogens with zero attached hydrogens (tertiary/aromatic N) is 3. The number of methoxy groups -OCH3 is 1. The molecular formula is C19H21ClFN3OS. The molecule has 1 aromatic carbocycles. The Morgan fingerprint density at radius 3 is 2.85 bits per heavy atom. The van der Waals surface area contributed by atoms with Gasteiger partial charge in [0.25, 0.3) is 0 Å². The minimum Gasteiger partial charge on any atom is -0.481 e. The van der Waals surface area contributed by atoms with Crippen molar-refractivity contribution in [3.05, 3.63) is 52.9 Å². The summed E-state index contributed by atoms with van der Waals surface area (Å²) in [4.78, 5) is 11.1. The first-order valence-corrected chi connectivity index (χ1v) is 9.89.